The predicted molar refractivity (Wildman–Crippen MR) is 39.9 cm³/mol. The SMILES string of the molecule is C=COCOC(=O)OCOC=C. The molecular formula is C7H10O5. The Kier molecular flexibility index (Phi) is 6.43. The van der Waals surface area contributed by atoms with Crippen LogP contribution in [0.3, 0.4) is 0 Å². The van der Waals surface area contributed by atoms with Crippen molar-refractivity contribution in [2.75, 3.05) is 13.6 Å². The molecule has 0 amide bonds. The predicted octanol–water partition coefficient (Wildman–Crippen LogP) is 1.37. The van der Waals surface area contributed by atoms with E-state index in [1.165, 1.54) is 0 Å². The van der Waals surface area contributed by atoms with Crippen LogP contribution in [-0.2, 0) is 18.9 Å². The third kappa shape index (κ3) is 6.47. The summed E-state index contributed by atoms with van der Waals surface area (Å²) in [5.74, 6) is 0. The molecule has 0 heterocycles. The third-order valence-electron chi connectivity index (χ3n) is 0.725. The normalized spacial score (nSPS) is 8.00. The van der Waals surface area contributed by atoms with Crippen LogP contribution >= 0.6 is 0 Å². The molecule has 0 aliphatic rings. The zero-order valence-electron chi connectivity index (χ0n) is 6.52. The lowest BCUT2D eigenvalue weighted by Crippen LogP contribution is -2.10. The quantitative estimate of drug-likeness (QED) is 0.263. The Morgan fingerprint density at radius 1 is 1.08 bits per heavy atom. The van der Waals surface area contributed by atoms with Crippen LogP contribution in [0.4, 0.5) is 4.79 Å². The van der Waals surface area contributed by atoms with Gasteiger partial charge < -0.3 is 18.9 Å². The Labute approximate surface area is 70.2 Å². The summed E-state index contributed by atoms with van der Waals surface area (Å²) in [6.07, 6.45) is 1.42. The van der Waals surface area contributed by atoms with Crippen LogP contribution < -0.4 is 0 Å². The second-order valence-electron chi connectivity index (χ2n) is 1.44. The van der Waals surface area contributed by atoms with Gasteiger partial charge in [0.15, 0.2) is 0 Å². The maximum Gasteiger partial charge on any atom is 0.514 e. The van der Waals surface area contributed by atoms with E-state index in [0.29, 0.717) is 0 Å². The standard InChI is InChI=1S/C7H10O5/c1-3-9-5-11-7(8)12-6-10-4-2/h3-4H,1-2,5-6H2. The first-order chi connectivity index (χ1) is 5.81. The summed E-state index contributed by atoms with van der Waals surface area (Å²) >= 11 is 0. The van der Waals surface area contributed by atoms with Gasteiger partial charge in [0.05, 0.1) is 12.5 Å². The molecule has 12 heavy (non-hydrogen) atoms. The van der Waals surface area contributed by atoms with Crippen LogP contribution in [0.25, 0.3) is 0 Å². The summed E-state index contributed by atoms with van der Waals surface area (Å²) in [6, 6.07) is 0. The van der Waals surface area contributed by atoms with Gasteiger partial charge in [0, 0.05) is 0 Å². The van der Waals surface area contributed by atoms with Crippen molar-refractivity contribution in [2.24, 2.45) is 0 Å². The molecule has 0 aromatic rings. The van der Waals surface area contributed by atoms with Gasteiger partial charge in [-0.1, -0.05) is 13.2 Å². The molecule has 0 atom stereocenters. The van der Waals surface area contributed by atoms with Crippen molar-refractivity contribution < 1.29 is 23.7 Å². The Hall–Kier alpha value is -1.65. The van der Waals surface area contributed by atoms with Crippen LogP contribution in [0.5, 0.6) is 0 Å². The van der Waals surface area contributed by atoms with Crippen LogP contribution in [0, 0.1) is 0 Å². The fraction of sp³-hybridized carbons (Fsp3) is 0.286. The van der Waals surface area contributed by atoms with Gasteiger partial charge in [-0.15, -0.1) is 0 Å². The van der Waals surface area contributed by atoms with E-state index >= 15 is 0 Å². The molecule has 0 N–H and O–H groups in total. The Bertz CT molecular complexity index is 138. The molecule has 0 radical (unpaired) electrons. The molecule has 5 heteroatoms. The van der Waals surface area contributed by atoms with Gasteiger partial charge in [-0.3, -0.25) is 0 Å². The first kappa shape index (κ1) is 10.3. The summed E-state index contributed by atoms with van der Waals surface area (Å²) in [4.78, 5) is 10.5. The van der Waals surface area contributed by atoms with Gasteiger partial charge in [-0.05, 0) is 0 Å². The van der Waals surface area contributed by atoms with E-state index in [0.717, 1.165) is 12.5 Å². The van der Waals surface area contributed by atoms with Crippen molar-refractivity contribution in [3.05, 3.63) is 25.7 Å². The van der Waals surface area contributed by atoms with E-state index in [1.807, 2.05) is 0 Å². The summed E-state index contributed by atoms with van der Waals surface area (Å²) < 4.78 is 17.7. The minimum absolute atomic E-state index is 0.226. The number of hydrogen-bond donors (Lipinski definition) is 0. The first-order valence-electron chi connectivity index (χ1n) is 3.05. The maximum atomic E-state index is 10.5. The largest absolute Gasteiger partial charge is 0.514 e. The summed E-state index contributed by atoms with van der Waals surface area (Å²) in [6.45, 7) is 6.03. The molecule has 0 saturated heterocycles. The van der Waals surface area contributed by atoms with Gasteiger partial charge in [0.25, 0.3) is 0 Å². The van der Waals surface area contributed by atoms with Crippen molar-refractivity contribution in [1.29, 1.82) is 0 Å². The smallest absolute Gasteiger partial charge is 0.465 e. The fourth-order valence-electron chi connectivity index (χ4n) is 0.302. The summed E-state index contributed by atoms with van der Waals surface area (Å²) in [7, 11) is 0. The third-order valence-corrected chi connectivity index (χ3v) is 0.725. The Balaban J connectivity index is 3.21. The zero-order valence-corrected chi connectivity index (χ0v) is 6.52. The zero-order chi connectivity index (χ0) is 9.23. The van der Waals surface area contributed by atoms with E-state index in [1.54, 1.807) is 0 Å². The van der Waals surface area contributed by atoms with Crippen LogP contribution in [0.15, 0.2) is 25.7 Å². The number of carbonyl (C=O) groups is 1. The summed E-state index contributed by atoms with van der Waals surface area (Å²) in [5.41, 5.74) is 0. The average molecular weight is 174 g/mol. The van der Waals surface area contributed by atoms with E-state index in [9.17, 15) is 4.79 Å². The molecule has 68 valence electrons. The highest BCUT2D eigenvalue weighted by Gasteiger charge is 2.01. The average Bonchev–Trinajstić information content (AvgIpc) is 2.06. The Morgan fingerprint density at radius 2 is 1.50 bits per heavy atom. The molecule has 0 aromatic carbocycles. The minimum atomic E-state index is -0.876. The fourth-order valence-corrected chi connectivity index (χ4v) is 0.302. The van der Waals surface area contributed by atoms with Crippen molar-refractivity contribution >= 4 is 6.16 Å². The highest BCUT2D eigenvalue weighted by Crippen LogP contribution is 1.87. The highest BCUT2D eigenvalue weighted by atomic mass is 16.8. The van der Waals surface area contributed by atoms with E-state index < -0.39 is 6.16 Å². The van der Waals surface area contributed by atoms with Crippen LogP contribution in [0.1, 0.15) is 0 Å². The summed E-state index contributed by atoms with van der Waals surface area (Å²) in [5, 5.41) is 0. The maximum absolute atomic E-state index is 10.5. The Morgan fingerprint density at radius 3 is 1.83 bits per heavy atom. The molecule has 0 spiro atoms. The van der Waals surface area contributed by atoms with Gasteiger partial charge >= 0.3 is 6.16 Å². The van der Waals surface area contributed by atoms with Crippen LogP contribution in [-0.4, -0.2) is 19.7 Å². The van der Waals surface area contributed by atoms with Crippen LogP contribution in [0.2, 0.25) is 0 Å². The first-order valence-corrected chi connectivity index (χ1v) is 3.05. The molecule has 0 unspecified atom stereocenters. The second-order valence-corrected chi connectivity index (χ2v) is 1.44. The van der Waals surface area contributed by atoms with Crippen molar-refractivity contribution in [3.8, 4) is 0 Å². The lowest BCUT2D eigenvalue weighted by molar-refractivity contribution is -0.0460. The van der Waals surface area contributed by atoms with E-state index in [4.69, 9.17) is 0 Å². The number of hydrogen-bond acceptors (Lipinski definition) is 5. The van der Waals surface area contributed by atoms with Gasteiger partial charge in [-0.2, -0.15) is 0 Å². The van der Waals surface area contributed by atoms with Gasteiger partial charge in [0.1, 0.15) is 0 Å². The highest BCUT2D eigenvalue weighted by molar-refractivity contribution is 5.59. The lowest BCUT2D eigenvalue weighted by atomic mass is 11.1. The molecule has 0 aromatic heterocycles. The lowest BCUT2D eigenvalue weighted by Gasteiger charge is -2.04. The van der Waals surface area contributed by atoms with Crippen molar-refractivity contribution in [3.63, 3.8) is 0 Å². The number of ether oxygens (including phenoxy) is 4. The molecular weight excluding hydrogens is 164 g/mol. The molecule has 0 aliphatic heterocycles. The number of rotatable bonds is 6. The molecule has 0 bridgehead atoms. The van der Waals surface area contributed by atoms with E-state index in [-0.39, 0.29) is 13.6 Å². The monoisotopic (exact) mass is 174 g/mol. The number of carbonyl (C=O) groups excluding carboxylic acids is 1. The van der Waals surface area contributed by atoms with E-state index in [2.05, 4.69) is 32.1 Å². The topological polar surface area (TPSA) is 54.0 Å². The molecule has 0 fully saturated rings. The second kappa shape index (κ2) is 7.46. The van der Waals surface area contributed by atoms with Gasteiger partial charge in [0.2, 0.25) is 13.6 Å². The molecule has 0 rings (SSSR count). The van der Waals surface area contributed by atoms with Crippen molar-refractivity contribution in [2.45, 2.75) is 0 Å². The molecule has 5 nitrogen and oxygen atoms in total. The molecule has 0 aliphatic carbocycles. The minimum Gasteiger partial charge on any atom is -0.465 e. The van der Waals surface area contributed by atoms with Gasteiger partial charge in [-0.25, -0.2) is 4.79 Å². The van der Waals surface area contributed by atoms with Crippen molar-refractivity contribution in [1.82, 2.24) is 0 Å². The molecule has 0 saturated carbocycles.